The Morgan fingerprint density at radius 2 is 2.16 bits per heavy atom. The van der Waals surface area contributed by atoms with Gasteiger partial charge in [-0.2, -0.15) is 5.26 Å². The molecule has 0 saturated carbocycles. The van der Waals surface area contributed by atoms with Gasteiger partial charge in [0.1, 0.15) is 5.75 Å². The molecule has 4 N–H and O–H groups in total. The van der Waals surface area contributed by atoms with E-state index < -0.39 is 5.91 Å². The van der Waals surface area contributed by atoms with Gasteiger partial charge in [0.05, 0.1) is 23.7 Å². The molecular weight excluding hydrogens is 242 g/mol. The minimum Gasteiger partial charge on any atom is -0.493 e. The number of rotatable bonds is 6. The summed E-state index contributed by atoms with van der Waals surface area (Å²) >= 11 is 0. The van der Waals surface area contributed by atoms with Crippen molar-refractivity contribution in [2.45, 2.75) is 26.7 Å². The first kappa shape index (κ1) is 14.8. The first-order valence-electron chi connectivity index (χ1n) is 6.09. The molecule has 0 aromatic heterocycles. The fraction of sp³-hybridized carbons (Fsp3) is 0.429. The van der Waals surface area contributed by atoms with Gasteiger partial charge in [-0.1, -0.05) is 0 Å². The number of hydrogen-bond donors (Lipinski definition) is 2. The van der Waals surface area contributed by atoms with Crippen molar-refractivity contribution < 1.29 is 9.53 Å². The van der Waals surface area contributed by atoms with Gasteiger partial charge in [0, 0.05) is 5.69 Å². The van der Waals surface area contributed by atoms with Gasteiger partial charge < -0.3 is 16.2 Å². The van der Waals surface area contributed by atoms with Crippen LogP contribution >= 0.6 is 0 Å². The van der Waals surface area contributed by atoms with E-state index in [1.807, 2.05) is 13.8 Å². The number of nitrogen functional groups attached to an aromatic ring is 1. The van der Waals surface area contributed by atoms with Gasteiger partial charge in [0.2, 0.25) is 0 Å². The van der Waals surface area contributed by atoms with Gasteiger partial charge in [0.15, 0.2) is 0 Å². The predicted molar refractivity (Wildman–Crippen MR) is 73.5 cm³/mol. The third-order valence-corrected chi connectivity index (χ3v) is 2.78. The molecule has 19 heavy (non-hydrogen) atoms. The Kier molecular flexibility index (Phi) is 4.76. The molecule has 1 rings (SSSR count). The lowest BCUT2D eigenvalue weighted by Crippen LogP contribution is -2.15. The number of ether oxygens (including phenoxy) is 1. The maximum atomic E-state index is 11.3. The molecule has 0 radical (unpaired) electrons. The molecule has 0 heterocycles. The summed E-state index contributed by atoms with van der Waals surface area (Å²) in [5, 5.41) is 8.89. The first-order chi connectivity index (χ1) is 8.85. The molecule has 102 valence electrons. The van der Waals surface area contributed by atoms with E-state index in [1.54, 1.807) is 12.1 Å². The third kappa shape index (κ3) is 4.51. The number of anilines is 1. The highest BCUT2D eigenvalue weighted by Crippen LogP contribution is 2.23. The van der Waals surface area contributed by atoms with Crippen molar-refractivity contribution >= 4 is 11.6 Å². The first-order valence-corrected chi connectivity index (χ1v) is 6.09. The summed E-state index contributed by atoms with van der Waals surface area (Å²) in [6, 6.07) is 7.01. The molecule has 1 aromatic carbocycles. The van der Waals surface area contributed by atoms with Crippen LogP contribution in [-0.4, -0.2) is 12.5 Å². The van der Waals surface area contributed by atoms with Gasteiger partial charge >= 0.3 is 0 Å². The van der Waals surface area contributed by atoms with E-state index in [0.29, 0.717) is 18.0 Å². The molecular formula is C14H19N3O2. The molecule has 0 aliphatic carbocycles. The molecule has 5 nitrogen and oxygen atoms in total. The standard InChI is InChI=1S/C14H19N3O2/c1-14(2,9-15)6-3-7-19-12-5-4-10(16)8-11(12)13(17)18/h4-5,8H,3,6-7,16H2,1-2H3,(H2,17,18). The summed E-state index contributed by atoms with van der Waals surface area (Å²) < 4.78 is 5.53. The number of primary amides is 1. The summed E-state index contributed by atoms with van der Waals surface area (Å²) in [6.07, 6.45) is 1.45. The number of nitrogens with two attached hydrogens (primary N) is 2. The van der Waals surface area contributed by atoms with Crippen LogP contribution in [0, 0.1) is 16.7 Å². The van der Waals surface area contributed by atoms with E-state index in [1.165, 1.54) is 6.07 Å². The molecule has 1 amide bonds. The molecule has 0 saturated heterocycles. The van der Waals surface area contributed by atoms with E-state index >= 15 is 0 Å². The molecule has 0 atom stereocenters. The van der Waals surface area contributed by atoms with Crippen LogP contribution in [0.4, 0.5) is 5.69 Å². The number of nitriles is 1. The number of carbonyl (C=O) groups is 1. The lowest BCUT2D eigenvalue weighted by molar-refractivity contribution is 0.0996. The van der Waals surface area contributed by atoms with Gasteiger partial charge in [-0.25, -0.2) is 0 Å². The Morgan fingerprint density at radius 1 is 1.47 bits per heavy atom. The normalized spacial score (nSPS) is 10.8. The Balaban J connectivity index is 2.59. The average molecular weight is 261 g/mol. The number of benzene rings is 1. The SMILES string of the molecule is CC(C)(C#N)CCCOc1ccc(N)cc1C(N)=O. The van der Waals surface area contributed by atoms with Gasteiger partial charge in [0.25, 0.3) is 5.91 Å². The summed E-state index contributed by atoms with van der Waals surface area (Å²) in [5.74, 6) is -0.142. The van der Waals surface area contributed by atoms with Crippen LogP contribution in [0.25, 0.3) is 0 Å². The van der Waals surface area contributed by atoms with Crippen LogP contribution in [0.15, 0.2) is 18.2 Å². The van der Waals surface area contributed by atoms with Crippen molar-refractivity contribution in [3.8, 4) is 11.8 Å². The van der Waals surface area contributed by atoms with Crippen molar-refractivity contribution in [3.05, 3.63) is 23.8 Å². The van der Waals surface area contributed by atoms with Crippen molar-refractivity contribution in [1.29, 1.82) is 5.26 Å². The van der Waals surface area contributed by atoms with Crippen LogP contribution < -0.4 is 16.2 Å². The van der Waals surface area contributed by atoms with Gasteiger partial charge in [-0.3, -0.25) is 4.79 Å². The molecule has 0 fully saturated rings. The highest BCUT2D eigenvalue weighted by Gasteiger charge is 2.16. The van der Waals surface area contributed by atoms with Crippen molar-refractivity contribution in [3.63, 3.8) is 0 Å². The van der Waals surface area contributed by atoms with E-state index in [-0.39, 0.29) is 11.0 Å². The zero-order valence-electron chi connectivity index (χ0n) is 11.3. The summed E-state index contributed by atoms with van der Waals surface area (Å²) in [4.78, 5) is 11.3. The zero-order valence-corrected chi connectivity index (χ0v) is 11.3. The van der Waals surface area contributed by atoms with Crippen molar-refractivity contribution in [2.75, 3.05) is 12.3 Å². The zero-order chi connectivity index (χ0) is 14.5. The Morgan fingerprint density at radius 3 is 2.74 bits per heavy atom. The molecule has 0 spiro atoms. The maximum absolute atomic E-state index is 11.3. The second-order valence-corrected chi connectivity index (χ2v) is 5.07. The van der Waals surface area contributed by atoms with Crippen LogP contribution in [0.3, 0.4) is 0 Å². The van der Waals surface area contributed by atoms with E-state index in [0.717, 1.165) is 12.8 Å². The smallest absolute Gasteiger partial charge is 0.252 e. The van der Waals surface area contributed by atoms with Crippen LogP contribution in [0.2, 0.25) is 0 Å². The van der Waals surface area contributed by atoms with E-state index in [4.69, 9.17) is 21.5 Å². The van der Waals surface area contributed by atoms with Gasteiger partial charge in [-0.05, 0) is 44.9 Å². The summed E-state index contributed by atoms with van der Waals surface area (Å²) in [7, 11) is 0. The van der Waals surface area contributed by atoms with Crippen molar-refractivity contribution in [2.24, 2.45) is 11.1 Å². The second-order valence-electron chi connectivity index (χ2n) is 5.07. The Labute approximate surface area is 113 Å². The predicted octanol–water partition coefficient (Wildman–Crippen LogP) is 2.08. The minimum absolute atomic E-state index is 0.277. The quantitative estimate of drug-likeness (QED) is 0.604. The molecule has 1 aromatic rings. The molecule has 0 aliphatic heterocycles. The summed E-state index contributed by atoms with van der Waals surface area (Å²) in [5.41, 5.74) is 11.2. The van der Waals surface area contributed by atoms with Crippen molar-refractivity contribution in [1.82, 2.24) is 0 Å². The van der Waals surface area contributed by atoms with Gasteiger partial charge in [-0.15, -0.1) is 0 Å². The molecule has 0 aliphatic rings. The second kappa shape index (κ2) is 6.10. The number of carbonyl (C=O) groups excluding carboxylic acids is 1. The highest BCUT2D eigenvalue weighted by molar-refractivity contribution is 5.96. The largest absolute Gasteiger partial charge is 0.493 e. The lowest BCUT2D eigenvalue weighted by Gasteiger charge is -2.15. The molecule has 0 bridgehead atoms. The highest BCUT2D eigenvalue weighted by atomic mass is 16.5. The third-order valence-electron chi connectivity index (χ3n) is 2.78. The van der Waals surface area contributed by atoms with Crippen LogP contribution in [0.5, 0.6) is 5.75 Å². The fourth-order valence-corrected chi connectivity index (χ4v) is 1.62. The number of hydrogen-bond acceptors (Lipinski definition) is 4. The maximum Gasteiger partial charge on any atom is 0.252 e. The monoisotopic (exact) mass is 261 g/mol. The van der Waals surface area contributed by atoms with E-state index in [2.05, 4.69) is 6.07 Å². The minimum atomic E-state index is -0.570. The van der Waals surface area contributed by atoms with Crippen LogP contribution in [0.1, 0.15) is 37.0 Å². The topological polar surface area (TPSA) is 102 Å². The fourth-order valence-electron chi connectivity index (χ4n) is 1.62. The number of nitrogens with zero attached hydrogens (tertiary/aromatic N) is 1. The number of amides is 1. The summed E-state index contributed by atoms with van der Waals surface area (Å²) in [6.45, 7) is 4.19. The molecule has 5 heteroatoms. The Hall–Kier alpha value is -2.22. The lowest BCUT2D eigenvalue weighted by atomic mass is 9.90. The Bertz CT molecular complexity index is 504. The van der Waals surface area contributed by atoms with E-state index in [9.17, 15) is 4.79 Å². The molecule has 0 unspecified atom stereocenters. The average Bonchev–Trinajstić information content (AvgIpc) is 2.36. The van der Waals surface area contributed by atoms with Crippen LogP contribution in [-0.2, 0) is 0 Å².